The molecule has 3 heterocycles. The topological polar surface area (TPSA) is 97.0 Å². The lowest BCUT2D eigenvalue weighted by Crippen LogP contribution is -2.46. The van der Waals surface area contributed by atoms with Gasteiger partial charge in [0.2, 0.25) is 5.91 Å². The fraction of sp³-hybridized carbons (Fsp3) is 0.381. The number of piperidine rings is 1. The summed E-state index contributed by atoms with van der Waals surface area (Å²) in [5.41, 5.74) is 10.5. The second-order valence-corrected chi connectivity index (χ2v) is 7.65. The molecule has 4 rings (SSSR count). The van der Waals surface area contributed by atoms with E-state index in [4.69, 9.17) is 5.73 Å². The number of pyridine rings is 1. The summed E-state index contributed by atoms with van der Waals surface area (Å²) >= 11 is 0. The quantitative estimate of drug-likeness (QED) is 0.729. The monoisotopic (exact) mass is 379 g/mol. The van der Waals surface area contributed by atoms with Gasteiger partial charge in [0.25, 0.3) is 0 Å². The number of hydrogen-bond acceptors (Lipinski definition) is 4. The molecule has 3 N–H and O–H groups in total. The molecular weight excluding hydrogens is 354 g/mol. The number of aromatic nitrogens is 3. The van der Waals surface area contributed by atoms with Gasteiger partial charge in [-0.3, -0.25) is 9.36 Å². The fourth-order valence-corrected chi connectivity index (χ4v) is 4.19. The van der Waals surface area contributed by atoms with Crippen molar-refractivity contribution < 1.29 is 4.79 Å². The molecule has 0 bridgehead atoms. The van der Waals surface area contributed by atoms with Crippen LogP contribution in [0.15, 0.2) is 41.3 Å². The lowest BCUT2D eigenvalue weighted by atomic mass is 9.99. The van der Waals surface area contributed by atoms with E-state index in [0.29, 0.717) is 24.3 Å². The first kappa shape index (κ1) is 18.4. The number of nitrogens with one attached hydrogen (secondary N) is 1. The summed E-state index contributed by atoms with van der Waals surface area (Å²) in [6.45, 7) is 5.11. The number of nitrogens with two attached hydrogens (primary N) is 1. The number of amides is 1. The highest BCUT2D eigenvalue weighted by molar-refractivity contribution is 5.83. The van der Waals surface area contributed by atoms with Crippen LogP contribution in [-0.2, 0) is 4.79 Å². The third-order valence-corrected chi connectivity index (χ3v) is 5.42. The Morgan fingerprint density at radius 1 is 1.29 bits per heavy atom. The van der Waals surface area contributed by atoms with Crippen LogP contribution in [0.4, 0.5) is 0 Å². The van der Waals surface area contributed by atoms with Gasteiger partial charge in [-0.1, -0.05) is 29.3 Å². The number of nitrogens with zero attached hydrogens (tertiary/aromatic N) is 3. The zero-order chi connectivity index (χ0) is 19.8. The zero-order valence-electron chi connectivity index (χ0n) is 16.2. The van der Waals surface area contributed by atoms with Crippen LogP contribution in [0, 0.1) is 13.8 Å². The smallest absolute Gasteiger partial charge is 0.327 e. The second kappa shape index (κ2) is 7.24. The average Bonchev–Trinajstić information content (AvgIpc) is 3.02. The van der Waals surface area contributed by atoms with Crippen molar-refractivity contribution in [1.82, 2.24) is 19.4 Å². The molecule has 3 aromatic rings. The van der Waals surface area contributed by atoms with E-state index in [-0.39, 0.29) is 17.6 Å². The molecule has 0 radical (unpaired) electrons. The molecule has 0 aliphatic carbocycles. The molecule has 2 aromatic heterocycles. The summed E-state index contributed by atoms with van der Waals surface area (Å²) in [6, 6.07) is 8.81. The van der Waals surface area contributed by atoms with Crippen molar-refractivity contribution in [3.63, 3.8) is 0 Å². The molecule has 1 fully saturated rings. The molecule has 28 heavy (non-hydrogen) atoms. The largest absolute Gasteiger partial charge is 0.339 e. The number of carbonyl (C=O) groups excluding carboxylic acids is 1. The van der Waals surface area contributed by atoms with Gasteiger partial charge >= 0.3 is 5.69 Å². The minimum Gasteiger partial charge on any atom is -0.339 e. The van der Waals surface area contributed by atoms with Crippen LogP contribution >= 0.6 is 0 Å². The number of rotatable bonds is 3. The van der Waals surface area contributed by atoms with Gasteiger partial charge < -0.3 is 15.6 Å². The van der Waals surface area contributed by atoms with Gasteiger partial charge in [0.05, 0.1) is 11.6 Å². The number of H-pyrrole nitrogens is 1. The average molecular weight is 379 g/mol. The standard InChI is InChI=1S/C21H25N5O2/c1-13-9-14(2)11-15(10-13)18(22)20(27)25-8-4-5-16(12-25)26-19-17(24-21(26)28)6-3-7-23-19/h3,6-7,9-11,16,18H,4-5,8,12,22H2,1-2H3,(H,24,28). The first-order chi connectivity index (χ1) is 13.4. The minimum atomic E-state index is -0.699. The van der Waals surface area contributed by atoms with Crippen LogP contribution in [0.1, 0.15) is 41.6 Å². The van der Waals surface area contributed by atoms with Crippen LogP contribution in [-0.4, -0.2) is 38.4 Å². The van der Waals surface area contributed by atoms with E-state index in [1.165, 1.54) is 0 Å². The first-order valence-corrected chi connectivity index (χ1v) is 9.62. The Morgan fingerprint density at radius 3 is 2.79 bits per heavy atom. The number of aryl methyl sites for hydroxylation is 2. The van der Waals surface area contributed by atoms with Gasteiger partial charge in [-0.05, 0) is 44.4 Å². The normalized spacial score (nSPS) is 18.4. The van der Waals surface area contributed by atoms with Gasteiger partial charge in [0, 0.05) is 19.3 Å². The third-order valence-electron chi connectivity index (χ3n) is 5.42. The maximum atomic E-state index is 13.1. The molecule has 1 aliphatic heterocycles. The molecule has 7 heteroatoms. The molecule has 2 atom stereocenters. The molecule has 1 aliphatic rings. The van der Waals surface area contributed by atoms with Crippen molar-refractivity contribution in [3.8, 4) is 0 Å². The van der Waals surface area contributed by atoms with Crippen LogP contribution in [0.5, 0.6) is 0 Å². The maximum Gasteiger partial charge on any atom is 0.327 e. The second-order valence-electron chi connectivity index (χ2n) is 7.65. The van der Waals surface area contributed by atoms with E-state index in [9.17, 15) is 9.59 Å². The van der Waals surface area contributed by atoms with Gasteiger partial charge in [0.1, 0.15) is 6.04 Å². The van der Waals surface area contributed by atoms with Crippen LogP contribution in [0.2, 0.25) is 0 Å². The predicted molar refractivity (Wildman–Crippen MR) is 108 cm³/mol. The van der Waals surface area contributed by atoms with E-state index in [1.54, 1.807) is 21.7 Å². The minimum absolute atomic E-state index is 0.101. The van der Waals surface area contributed by atoms with E-state index in [1.807, 2.05) is 32.0 Å². The third kappa shape index (κ3) is 3.33. The molecular formula is C21H25N5O2. The highest BCUT2D eigenvalue weighted by Gasteiger charge is 2.30. The van der Waals surface area contributed by atoms with Crippen molar-refractivity contribution in [2.75, 3.05) is 13.1 Å². The molecule has 146 valence electrons. The predicted octanol–water partition coefficient (Wildman–Crippen LogP) is 2.20. The van der Waals surface area contributed by atoms with E-state index in [2.05, 4.69) is 16.0 Å². The van der Waals surface area contributed by atoms with Crippen molar-refractivity contribution in [2.24, 2.45) is 5.73 Å². The Bertz CT molecular complexity index is 1060. The highest BCUT2D eigenvalue weighted by Crippen LogP contribution is 2.25. The van der Waals surface area contributed by atoms with Gasteiger partial charge in [-0.2, -0.15) is 0 Å². The molecule has 7 nitrogen and oxygen atoms in total. The van der Waals surface area contributed by atoms with Crippen LogP contribution in [0.25, 0.3) is 11.2 Å². The van der Waals surface area contributed by atoms with E-state index in [0.717, 1.165) is 29.5 Å². The maximum absolute atomic E-state index is 13.1. The Morgan fingerprint density at radius 2 is 2.04 bits per heavy atom. The zero-order valence-corrected chi connectivity index (χ0v) is 16.2. The Balaban J connectivity index is 1.59. The summed E-state index contributed by atoms with van der Waals surface area (Å²) < 4.78 is 1.68. The first-order valence-electron chi connectivity index (χ1n) is 9.62. The molecule has 1 saturated heterocycles. The number of aromatic amines is 1. The lowest BCUT2D eigenvalue weighted by molar-refractivity contribution is -0.134. The number of benzene rings is 1. The number of imidazole rings is 1. The summed E-state index contributed by atoms with van der Waals surface area (Å²) in [4.78, 5) is 34.5. The Labute approximate surface area is 163 Å². The van der Waals surface area contributed by atoms with Crippen molar-refractivity contribution in [2.45, 2.75) is 38.8 Å². The molecule has 0 spiro atoms. The van der Waals surface area contributed by atoms with Gasteiger partial charge in [0.15, 0.2) is 5.65 Å². The lowest BCUT2D eigenvalue weighted by Gasteiger charge is -2.34. The fourth-order valence-electron chi connectivity index (χ4n) is 4.19. The molecule has 0 saturated carbocycles. The van der Waals surface area contributed by atoms with E-state index >= 15 is 0 Å². The summed E-state index contributed by atoms with van der Waals surface area (Å²) in [7, 11) is 0. The molecule has 1 aromatic carbocycles. The summed E-state index contributed by atoms with van der Waals surface area (Å²) in [6.07, 6.45) is 3.32. The van der Waals surface area contributed by atoms with Gasteiger partial charge in [-0.25, -0.2) is 9.78 Å². The SMILES string of the molecule is Cc1cc(C)cc(C(N)C(=O)N2CCCC(n3c(=O)[nH]c4cccnc43)C2)c1. The van der Waals surface area contributed by atoms with Crippen molar-refractivity contribution in [1.29, 1.82) is 0 Å². The number of likely N-dealkylation sites (tertiary alicyclic amines) is 1. The number of carbonyl (C=O) groups is 1. The summed E-state index contributed by atoms with van der Waals surface area (Å²) in [5, 5.41) is 0. The van der Waals surface area contributed by atoms with Gasteiger partial charge in [-0.15, -0.1) is 0 Å². The highest BCUT2D eigenvalue weighted by atomic mass is 16.2. The van der Waals surface area contributed by atoms with E-state index < -0.39 is 6.04 Å². The molecule has 1 amide bonds. The number of fused-ring (bicyclic) bond motifs is 1. The van der Waals surface area contributed by atoms with Crippen LogP contribution < -0.4 is 11.4 Å². The summed E-state index contributed by atoms with van der Waals surface area (Å²) in [5.74, 6) is -0.101. The molecule has 2 unspecified atom stereocenters. The number of hydrogen-bond donors (Lipinski definition) is 2. The van der Waals surface area contributed by atoms with Crippen molar-refractivity contribution >= 4 is 17.1 Å². The van der Waals surface area contributed by atoms with Crippen LogP contribution in [0.3, 0.4) is 0 Å². The van der Waals surface area contributed by atoms with Crippen molar-refractivity contribution in [3.05, 3.63) is 63.7 Å². The Hall–Kier alpha value is -2.93. The Kier molecular flexibility index (Phi) is 4.77.